The molecule has 0 heterocycles. The third-order valence-electron chi connectivity index (χ3n) is 3.00. The number of carbonyl (C=O) groups is 1. The van der Waals surface area contributed by atoms with Crippen LogP contribution in [0.15, 0.2) is 54.6 Å². The lowest BCUT2D eigenvalue weighted by molar-refractivity contribution is -0.122. The maximum Gasteiger partial charge on any atom is 0.238 e. The number of rotatable bonds is 5. The Balaban J connectivity index is 1.81. The Morgan fingerprint density at radius 3 is 2.25 bits per heavy atom. The Bertz CT molecular complexity index is 672. The quantitative estimate of drug-likeness (QED) is 0.569. The Morgan fingerprint density at radius 2 is 1.62 bits per heavy atom. The fourth-order valence-corrected chi connectivity index (χ4v) is 2.11. The second-order valence-electron chi connectivity index (χ2n) is 5.66. The number of ether oxygens (including phenoxy) is 1. The molecule has 0 saturated carbocycles. The predicted octanol–water partition coefficient (Wildman–Crippen LogP) is 3.84. The number of hydrogen-bond acceptors (Lipinski definition) is 3. The van der Waals surface area contributed by atoms with E-state index in [2.05, 4.69) is 16.2 Å². The van der Waals surface area contributed by atoms with Crippen LogP contribution in [0, 0.1) is 5.92 Å². The van der Waals surface area contributed by atoms with Crippen LogP contribution in [0.3, 0.4) is 0 Å². The molecule has 0 radical (unpaired) electrons. The lowest BCUT2D eigenvalue weighted by Gasteiger charge is -2.13. The van der Waals surface area contributed by atoms with Gasteiger partial charge in [0.1, 0.15) is 11.5 Å². The minimum atomic E-state index is -0.0965. The molecule has 0 aromatic heterocycles. The topological polar surface area (TPSA) is 62.4 Å². The van der Waals surface area contributed by atoms with Crippen LogP contribution in [0.5, 0.6) is 11.5 Å². The molecular weight excluding hydrogens is 322 g/mol. The number of anilines is 1. The van der Waals surface area contributed by atoms with Crippen molar-refractivity contribution in [2.24, 2.45) is 5.92 Å². The minimum absolute atomic E-state index is 0.0965. The average molecular weight is 343 g/mol. The molecule has 2 aromatic carbocycles. The van der Waals surface area contributed by atoms with Gasteiger partial charge in [0.15, 0.2) is 5.11 Å². The standard InChI is InChI=1S/C18H21N3O2S/c1-13(2)12-17(22)20-21-18(24)19-14-8-10-16(11-9-14)23-15-6-4-3-5-7-15/h3-11,13H,12H2,1-2H3,(H,20,22)(H2,19,21,24). The first-order valence-corrected chi connectivity index (χ1v) is 8.12. The second-order valence-corrected chi connectivity index (χ2v) is 6.07. The van der Waals surface area contributed by atoms with E-state index < -0.39 is 0 Å². The minimum Gasteiger partial charge on any atom is -0.457 e. The summed E-state index contributed by atoms with van der Waals surface area (Å²) in [6.45, 7) is 3.96. The maximum absolute atomic E-state index is 11.6. The highest BCUT2D eigenvalue weighted by molar-refractivity contribution is 7.80. The fourth-order valence-electron chi connectivity index (χ4n) is 1.94. The van der Waals surface area contributed by atoms with Gasteiger partial charge in [-0.1, -0.05) is 32.0 Å². The average Bonchev–Trinajstić information content (AvgIpc) is 2.55. The summed E-state index contributed by atoms with van der Waals surface area (Å²) >= 11 is 5.14. The zero-order valence-corrected chi connectivity index (χ0v) is 14.5. The van der Waals surface area contributed by atoms with Crippen molar-refractivity contribution < 1.29 is 9.53 Å². The van der Waals surface area contributed by atoms with Crippen molar-refractivity contribution in [2.45, 2.75) is 20.3 Å². The molecule has 24 heavy (non-hydrogen) atoms. The molecule has 2 aromatic rings. The molecule has 0 spiro atoms. The lowest BCUT2D eigenvalue weighted by Crippen LogP contribution is -2.44. The first-order valence-electron chi connectivity index (χ1n) is 7.72. The molecule has 0 aliphatic carbocycles. The van der Waals surface area contributed by atoms with E-state index in [-0.39, 0.29) is 5.91 Å². The Kier molecular flexibility index (Phi) is 6.57. The van der Waals surface area contributed by atoms with Crippen LogP contribution in [0.4, 0.5) is 5.69 Å². The summed E-state index contributed by atoms with van der Waals surface area (Å²) < 4.78 is 5.72. The van der Waals surface area contributed by atoms with Gasteiger partial charge in [0.25, 0.3) is 0 Å². The highest BCUT2D eigenvalue weighted by Gasteiger charge is 2.05. The first kappa shape index (κ1) is 17.7. The molecule has 0 aliphatic heterocycles. The monoisotopic (exact) mass is 343 g/mol. The number of nitrogens with one attached hydrogen (secondary N) is 3. The molecular formula is C18H21N3O2S. The molecule has 0 aliphatic rings. The largest absolute Gasteiger partial charge is 0.457 e. The van der Waals surface area contributed by atoms with Gasteiger partial charge in [0.2, 0.25) is 5.91 Å². The molecule has 0 bridgehead atoms. The van der Waals surface area contributed by atoms with Crippen LogP contribution in [0.1, 0.15) is 20.3 Å². The number of hydrazine groups is 1. The van der Waals surface area contributed by atoms with Crippen LogP contribution in [-0.4, -0.2) is 11.0 Å². The summed E-state index contributed by atoms with van der Waals surface area (Å²) in [5, 5.41) is 3.31. The van der Waals surface area contributed by atoms with Gasteiger partial charge in [-0.2, -0.15) is 0 Å². The smallest absolute Gasteiger partial charge is 0.238 e. The molecule has 2 rings (SSSR count). The van der Waals surface area contributed by atoms with Gasteiger partial charge in [-0.05, 0) is 54.5 Å². The summed E-state index contributed by atoms with van der Waals surface area (Å²) in [7, 11) is 0. The van der Waals surface area contributed by atoms with Gasteiger partial charge in [0.05, 0.1) is 0 Å². The van der Waals surface area contributed by atoms with Gasteiger partial charge in [-0.25, -0.2) is 0 Å². The van der Waals surface area contributed by atoms with E-state index in [0.29, 0.717) is 17.5 Å². The van der Waals surface area contributed by atoms with Crippen molar-refractivity contribution in [3.05, 3.63) is 54.6 Å². The Labute approximate surface area is 147 Å². The highest BCUT2D eigenvalue weighted by Crippen LogP contribution is 2.22. The van der Waals surface area contributed by atoms with Gasteiger partial charge in [0, 0.05) is 12.1 Å². The molecule has 5 nitrogen and oxygen atoms in total. The zero-order valence-electron chi connectivity index (χ0n) is 13.7. The fraction of sp³-hybridized carbons (Fsp3) is 0.222. The number of para-hydroxylation sites is 1. The summed E-state index contributed by atoms with van der Waals surface area (Å²) in [5.74, 6) is 1.71. The summed E-state index contributed by atoms with van der Waals surface area (Å²) in [4.78, 5) is 11.6. The third kappa shape index (κ3) is 6.26. The maximum atomic E-state index is 11.6. The second kappa shape index (κ2) is 8.88. The van der Waals surface area contributed by atoms with Crippen LogP contribution < -0.4 is 20.9 Å². The van der Waals surface area contributed by atoms with E-state index in [1.807, 2.05) is 68.4 Å². The van der Waals surface area contributed by atoms with E-state index in [1.54, 1.807) is 0 Å². The number of thiocarbonyl (C=S) groups is 1. The van der Waals surface area contributed by atoms with Crippen LogP contribution in [0.2, 0.25) is 0 Å². The third-order valence-corrected chi connectivity index (χ3v) is 3.20. The molecule has 1 amide bonds. The molecule has 0 atom stereocenters. The summed E-state index contributed by atoms with van der Waals surface area (Å²) in [6, 6.07) is 16.9. The Hall–Kier alpha value is -2.60. The molecule has 3 N–H and O–H groups in total. The van der Waals surface area contributed by atoms with E-state index in [4.69, 9.17) is 17.0 Å². The SMILES string of the molecule is CC(C)CC(=O)NNC(=S)Nc1ccc(Oc2ccccc2)cc1. The van der Waals surface area contributed by atoms with Crippen molar-refractivity contribution >= 4 is 28.9 Å². The zero-order chi connectivity index (χ0) is 17.4. The molecule has 6 heteroatoms. The van der Waals surface area contributed by atoms with Crippen molar-refractivity contribution in [3.63, 3.8) is 0 Å². The number of benzene rings is 2. The molecule has 0 saturated heterocycles. The summed E-state index contributed by atoms with van der Waals surface area (Å²) in [6.07, 6.45) is 0.446. The van der Waals surface area contributed by atoms with Crippen molar-refractivity contribution in [3.8, 4) is 11.5 Å². The summed E-state index contributed by atoms with van der Waals surface area (Å²) in [5.41, 5.74) is 6.04. The number of amides is 1. The van der Waals surface area contributed by atoms with Gasteiger partial charge >= 0.3 is 0 Å². The molecule has 0 unspecified atom stereocenters. The van der Waals surface area contributed by atoms with Gasteiger partial charge in [-0.15, -0.1) is 0 Å². The van der Waals surface area contributed by atoms with Crippen LogP contribution in [0.25, 0.3) is 0 Å². The highest BCUT2D eigenvalue weighted by atomic mass is 32.1. The molecule has 0 fully saturated rings. The van der Waals surface area contributed by atoms with E-state index in [9.17, 15) is 4.79 Å². The van der Waals surface area contributed by atoms with Gasteiger partial charge in [-0.3, -0.25) is 15.6 Å². The lowest BCUT2D eigenvalue weighted by atomic mass is 10.1. The van der Waals surface area contributed by atoms with Crippen molar-refractivity contribution in [1.82, 2.24) is 10.9 Å². The predicted molar refractivity (Wildman–Crippen MR) is 99.9 cm³/mol. The normalized spacial score (nSPS) is 10.1. The van der Waals surface area contributed by atoms with Crippen LogP contribution >= 0.6 is 12.2 Å². The van der Waals surface area contributed by atoms with Gasteiger partial charge < -0.3 is 10.1 Å². The molecule has 126 valence electrons. The van der Waals surface area contributed by atoms with Crippen LogP contribution in [-0.2, 0) is 4.79 Å². The van der Waals surface area contributed by atoms with E-state index >= 15 is 0 Å². The first-order chi connectivity index (χ1) is 11.5. The van der Waals surface area contributed by atoms with Crippen molar-refractivity contribution in [2.75, 3.05) is 5.32 Å². The number of hydrogen-bond donors (Lipinski definition) is 3. The Morgan fingerprint density at radius 1 is 1.00 bits per heavy atom. The van der Waals surface area contributed by atoms with Crippen molar-refractivity contribution in [1.29, 1.82) is 0 Å². The van der Waals surface area contributed by atoms with E-state index in [1.165, 1.54) is 0 Å². The van der Waals surface area contributed by atoms with E-state index in [0.717, 1.165) is 17.2 Å². The number of carbonyl (C=O) groups excluding carboxylic acids is 1.